The first-order chi connectivity index (χ1) is 12.5. The van der Waals surface area contributed by atoms with Crippen molar-refractivity contribution in [1.82, 2.24) is 9.88 Å². The van der Waals surface area contributed by atoms with Gasteiger partial charge in [0.1, 0.15) is 11.5 Å². The summed E-state index contributed by atoms with van der Waals surface area (Å²) in [7, 11) is 0. The number of rotatable bonds is 6. The molecule has 1 aromatic heterocycles. The highest BCUT2D eigenvalue weighted by molar-refractivity contribution is 5.90. The van der Waals surface area contributed by atoms with E-state index in [0.29, 0.717) is 5.92 Å². The van der Waals surface area contributed by atoms with Crippen LogP contribution in [-0.2, 0) is 13.0 Å². The SMILES string of the molecule is CC(C)Cc1ccc(CN2CCN(c3cc[c]c(C(N)=O)n3)CC2)cc1. The number of primary amides is 1. The molecule has 0 atom stereocenters. The average Bonchev–Trinajstić information content (AvgIpc) is 2.64. The van der Waals surface area contributed by atoms with Gasteiger partial charge in [0, 0.05) is 38.8 Å². The minimum atomic E-state index is -0.536. The fraction of sp³-hybridized carbons (Fsp3) is 0.429. The van der Waals surface area contributed by atoms with E-state index < -0.39 is 5.91 Å². The van der Waals surface area contributed by atoms with Gasteiger partial charge in [0.25, 0.3) is 5.91 Å². The van der Waals surface area contributed by atoms with Crippen molar-refractivity contribution in [3.05, 3.63) is 59.3 Å². The van der Waals surface area contributed by atoms with Crippen LogP contribution >= 0.6 is 0 Å². The number of carbonyl (C=O) groups excluding carboxylic acids is 1. The fourth-order valence-electron chi connectivity index (χ4n) is 3.33. The van der Waals surface area contributed by atoms with Crippen molar-refractivity contribution in [3.63, 3.8) is 0 Å². The van der Waals surface area contributed by atoms with Gasteiger partial charge in [0.05, 0.1) is 0 Å². The largest absolute Gasteiger partial charge is 0.364 e. The smallest absolute Gasteiger partial charge is 0.268 e. The molecule has 5 nitrogen and oxygen atoms in total. The molecule has 26 heavy (non-hydrogen) atoms. The summed E-state index contributed by atoms with van der Waals surface area (Å²) in [5, 5.41) is 0. The molecule has 0 bridgehead atoms. The van der Waals surface area contributed by atoms with Gasteiger partial charge in [-0.25, -0.2) is 4.98 Å². The van der Waals surface area contributed by atoms with Gasteiger partial charge in [-0.3, -0.25) is 9.69 Å². The first kappa shape index (κ1) is 18.4. The zero-order valence-corrected chi connectivity index (χ0v) is 15.6. The molecule has 2 N–H and O–H groups in total. The molecule has 2 heterocycles. The lowest BCUT2D eigenvalue weighted by Gasteiger charge is -2.35. The Morgan fingerprint density at radius 1 is 1.12 bits per heavy atom. The molecule has 1 amide bonds. The highest BCUT2D eigenvalue weighted by atomic mass is 16.1. The zero-order valence-electron chi connectivity index (χ0n) is 15.6. The van der Waals surface area contributed by atoms with E-state index in [1.54, 1.807) is 6.07 Å². The first-order valence-electron chi connectivity index (χ1n) is 9.25. The van der Waals surface area contributed by atoms with Crippen LogP contribution in [0.4, 0.5) is 5.82 Å². The molecule has 0 aliphatic carbocycles. The first-order valence-corrected chi connectivity index (χ1v) is 9.25. The Labute approximate surface area is 155 Å². The molecule has 3 rings (SSSR count). The van der Waals surface area contributed by atoms with Gasteiger partial charge in [-0.2, -0.15) is 0 Å². The second-order valence-electron chi connectivity index (χ2n) is 7.34. The van der Waals surface area contributed by atoms with E-state index in [1.165, 1.54) is 11.1 Å². The second-order valence-corrected chi connectivity index (χ2v) is 7.34. The molecular formula is C21H27N4O. The Balaban J connectivity index is 1.54. The summed E-state index contributed by atoms with van der Waals surface area (Å²) in [5.41, 5.74) is 8.26. The number of nitrogens with zero attached hydrogens (tertiary/aromatic N) is 3. The minimum absolute atomic E-state index is 0.200. The predicted octanol–water partition coefficient (Wildman–Crippen LogP) is 2.50. The number of amides is 1. The molecule has 1 aliphatic rings. The van der Waals surface area contributed by atoms with Crippen molar-refractivity contribution < 1.29 is 4.79 Å². The van der Waals surface area contributed by atoms with Crippen LogP contribution in [-0.4, -0.2) is 42.0 Å². The van der Waals surface area contributed by atoms with Crippen molar-refractivity contribution in [2.75, 3.05) is 31.1 Å². The number of aromatic nitrogens is 1. The van der Waals surface area contributed by atoms with Crippen LogP contribution in [0.25, 0.3) is 0 Å². The number of pyridine rings is 1. The lowest BCUT2D eigenvalue weighted by Crippen LogP contribution is -2.46. The van der Waals surface area contributed by atoms with E-state index in [2.05, 4.69) is 59.0 Å². The Hall–Kier alpha value is -2.40. The van der Waals surface area contributed by atoms with E-state index in [4.69, 9.17) is 5.73 Å². The molecule has 1 fully saturated rings. The third kappa shape index (κ3) is 4.82. The molecule has 0 saturated carbocycles. The van der Waals surface area contributed by atoms with Crippen LogP contribution in [0.5, 0.6) is 0 Å². The molecular weight excluding hydrogens is 324 g/mol. The molecule has 1 aliphatic heterocycles. The van der Waals surface area contributed by atoms with Crippen LogP contribution in [0.1, 0.15) is 35.5 Å². The van der Waals surface area contributed by atoms with E-state index in [1.807, 2.05) is 6.07 Å². The number of benzene rings is 1. The molecule has 1 radical (unpaired) electrons. The maximum atomic E-state index is 11.3. The van der Waals surface area contributed by atoms with Crippen molar-refractivity contribution in [2.45, 2.75) is 26.8 Å². The number of piperazine rings is 1. The molecule has 0 spiro atoms. The highest BCUT2D eigenvalue weighted by Gasteiger charge is 2.19. The molecule has 1 aromatic carbocycles. The number of hydrogen-bond acceptors (Lipinski definition) is 4. The van der Waals surface area contributed by atoms with Gasteiger partial charge in [0.15, 0.2) is 0 Å². The Bertz CT molecular complexity index is 734. The fourth-order valence-corrected chi connectivity index (χ4v) is 3.33. The van der Waals surface area contributed by atoms with E-state index >= 15 is 0 Å². The summed E-state index contributed by atoms with van der Waals surface area (Å²) in [6.45, 7) is 9.19. The van der Waals surface area contributed by atoms with E-state index in [0.717, 1.165) is 45.0 Å². The monoisotopic (exact) mass is 351 g/mol. The second kappa shape index (κ2) is 8.32. The molecule has 2 aromatic rings. The van der Waals surface area contributed by atoms with Gasteiger partial charge in [-0.05, 0) is 35.6 Å². The van der Waals surface area contributed by atoms with Gasteiger partial charge >= 0.3 is 0 Å². The average molecular weight is 351 g/mol. The van der Waals surface area contributed by atoms with Gasteiger partial charge in [0.2, 0.25) is 0 Å². The third-order valence-corrected chi connectivity index (χ3v) is 4.68. The van der Waals surface area contributed by atoms with Crippen LogP contribution in [0, 0.1) is 12.0 Å². The van der Waals surface area contributed by atoms with Gasteiger partial charge in [-0.1, -0.05) is 38.1 Å². The molecule has 1 saturated heterocycles. The number of nitrogens with two attached hydrogens (primary N) is 1. The molecule has 137 valence electrons. The molecule has 0 unspecified atom stereocenters. The van der Waals surface area contributed by atoms with Crippen LogP contribution in [0.3, 0.4) is 0 Å². The topological polar surface area (TPSA) is 62.5 Å². The standard InChI is InChI=1S/C21H27N4O/c1-16(2)14-17-6-8-18(9-7-17)15-24-10-12-25(13-11-24)20-5-3-4-19(23-20)21(22)26/h3,5-9,16H,10-15H2,1-2H3,(H2,22,26). The van der Waals surface area contributed by atoms with Crippen molar-refractivity contribution >= 4 is 11.7 Å². The number of carbonyl (C=O) groups is 1. The van der Waals surface area contributed by atoms with Crippen molar-refractivity contribution in [1.29, 1.82) is 0 Å². The molecule has 5 heteroatoms. The summed E-state index contributed by atoms with van der Waals surface area (Å²) in [4.78, 5) is 20.2. The van der Waals surface area contributed by atoms with Crippen LogP contribution in [0.2, 0.25) is 0 Å². The summed E-state index contributed by atoms with van der Waals surface area (Å²) < 4.78 is 0. The number of hydrogen-bond donors (Lipinski definition) is 1. The summed E-state index contributed by atoms with van der Waals surface area (Å²) in [6, 6.07) is 15.4. The Kier molecular flexibility index (Phi) is 5.89. The van der Waals surface area contributed by atoms with Crippen LogP contribution < -0.4 is 10.6 Å². The van der Waals surface area contributed by atoms with Gasteiger partial charge < -0.3 is 10.6 Å². The Morgan fingerprint density at radius 3 is 2.38 bits per heavy atom. The van der Waals surface area contributed by atoms with Crippen molar-refractivity contribution in [2.24, 2.45) is 11.7 Å². The maximum absolute atomic E-state index is 11.3. The quantitative estimate of drug-likeness (QED) is 0.869. The third-order valence-electron chi connectivity index (χ3n) is 4.68. The minimum Gasteiger partial charge on any atom is -0.364 e. The zero-order chi connectivity index (χ0) is 18.5. The summed E-state index contributed by atoms with van der Waals surface area (Å²) in [5.74, 6) is 0.954. The summed E-state index contributed by atoms with van der Waals surface area (Å²) >= 11 is 0. The highest BCUT2D eigenvalue weighted by Crippen LogP contribution is 2.16. The van der Waals surface area contributed by atoms with Crippen molar-refractivity contribution in [3.8, 4) is 0 Å². The predicted molar refractivity (Wildman–Crippen MR) is 104 cm³/mol. The Morgan fingerprint density at radius 2 is 1.77 bits per heavy atom. The maximum Gasteiger partial charge on any atom is 0.268 e. The normalized spacial score (nSPS) is 15.4. The van der Waals surface area contributed by atoms with E-state index in [-0.39, 0.29) is 5.69 Å². The lowest BCUT2D eigenvalue weighted by molar-refractivity contribution is 0.0995. The number of anilines is 1. The lowest BCUT2D eigenvalue weighted by atomic mass is 10.0. The van der Waals surface area contributed by atoms with E-state index in [9.17, 15) is 4.79 Å². The van der Waals surface area contributed by atoms with Crippen LogP contribution in [0.15, 0.2) is 36.4 Å². The summed E-state index contributed by atoms with van der Waals surface area (Å²) in [6.07, 6.45) is 1.13. The van der Waals surface area contributed by atoms with Gasteiger partial charge in [-0.15, -0.1) is 0 Å².